The molecule has 0 aliphatic carbocycles. The lowest BCUT2D eigenvalue weighted by Crippen LogP contribution is -2.06. The molecule has 8 nitrogen and oxygen atoms in total. The van der Waals surface area contributed by atoms with Gasteiger partial charge in [0.15, 0.2) is 5.82 Å². The quantitative estimate of drug-likeness (QED) is 0.290. The molecule has 3 aromatic heterocycles. The number of benzene rings is 2. The molecule has 0 saturated heterocycles. The second-order valence-electron chi connectivity index (χ2n) is 9.25. The number of pyridine rings is 1. The maximum Gasteiger partial charge on any atom is 0.439 e. The highest BCUT2D eigenvalue weighted by atomic mass is 19.4. The summed E-state index contributed by atoms with van der Waals surface area (Å²) < 4.78 is 71.5. The maximum atomic E-state index is 14.1. The second-order valence-corrected chi connectivity index (χ2v) is 9.25. The predicted octanol–water partition coefficient (Wildman–Crippen LogP) is 5.64. The van der Waals surface area contributed by atoms with Crippen LogP contribution in [0.1, 0.15) is 46.3 Å². The normalized spacial score (nSPS) is 14.3. The highest BCUT2D eigenvalue weighted by Gasteiger charge is 2.31. The Balaban J connectivity index is 1.45. The fraction of sp³-hybridized carbons (Fsp3) is 0.179. The molecule has 0 radical (unpaired) electrons. The highest BCUT2D eigenvalue weighted by Crippen LogP contribution is 2.41. The summed E-state index contributed by atoms with van der Waals surface area (Å²) in [6, 6.07) is 11.8. The summed E-state index contributed by atoms with van der Waals surface area (Å²) in [4.78, 5) is 18.4. The standard InChI is InChI=1S/C28H20F4N4O4/c1-14(25-34-27(37)40-35-25)24-19-5-3-15(9-16(19)13-39-22-12-18(29)4-6-20(22)24)10-21-26(38-2)33-23-11-17(28(30,31)32)7-8-36(21)23/h3-9,11-12H,10,13H2,1-2H3,(H,34,35,37). The largest absolute Gasteiger partial charge is 0.488 e. The lowest BCUT2D eigenvalue weighted by Gasteiger charge is -2.14. The minimum atomic E-state index is -4.50. The number of aromatic nitrogens is 4. The molecule has 2 aromatic carbocycles. The van der Waals surface area contributed by atoms with Gasteiger partial charge in [-0.25, -0.2) is 9.18 Å². The first-order valence-electron chi connectivity index (χ1n) is 12.1. The van der Waals surface area contributed by atoms with Gasteiger partial charge in [0, 0.05) is 29.8 Å². The van der Waals surface area contributed by atoms with Crippen molar-refractivity contribution in [1.29, 1.82) is 0 Å². The van der Waals surface area contributed by atoms with E-state index in [4.69, 9.17) is 14.0 Å². The topological polar surface area (TPSA) is 94.7 Å². The number of rotatable bonds is 4. The van der Waals surface area contributed by atoms with Crippen LogP contribution < -0.4 is 15.2 Å². The van der Waals surface area contributed by atoms with E-state index < -0.39 is 23.3 Å². The first kappa shape index (κ1) is 25.4. The minimum absolute atomic E-state index is 0.111. The summed E-state index contributed by atoms with van der Waals surface area (Å²) in [6.45, 7) is 1.88. The molecule has 40 heavy (non-hydrogen) atoms. The van der Waals surface area contributed by atoms with E-state index >= 15 is 0 Å². The van der Waals surface area contributed by atoms with Crippen molar-refractivity contribution in [1.82, 2.24) is 19.5 Å². The average Bonchev–Trinajstić information content (AvgIpc) is 3.47. The number of methoxy groups -OCH3 is 1. The summed E-state index contributed by atoms with van der Waals surface area (Å²) in [5.41, 5.74) is 4.09. The van der Waals surface area contributed by atoms with Crippen molar-refractivity contribution >= 4 is 16.8 Å². The molecular weight excluding hydrogens is 532 g/mol. The molecule has 1 N–H and O–H groups in total. The van der Waals surface area contributed by atoms with Gasteiger partial charge < -0.3 is 9.47 Å². The number of halogens is 4. The van der Waals surface area contributed by atoms with Crippen LogP contribution >= 0.6 is 0 Å². The summed E-state index contributed by atoms with van der Waals surface area (Å²) in [7, 11) is 1.41. The van der Waals surface area contributed by atoms with Crippen LogP contribution in [0, 0.1) is 5.82 Å². The Morgan fingerprint density at radius 1 is 1.12 bits per heavy atom. The van der Waals surface area contributed by atoms with Crippen molar-refractivity contribution in [2.45, 2.75) is 26.1 Å². The molecule has 0 bridgehead atoms. The van der Waals surface area contributed by atoms with Crippen molar-refractivity contribution in [2.75, 3.05) is 7.11 Å². The summed E-state index contributed by atoms with van der Waals surface area (Å²) in [6.07, 6.45) is -2.89. The fourth-order valence-corrected chi connectivity index (χ4v) is 4.92. The zero-order valence-electron chi connectivity index (χ0n) is 21.1. The van der Waals surface area contributed by atoms with Crippen LogP contribution in [0.2, 0.25) is 0 Å². The van der Waals surface area contributed by atoms with Crippen molar-refractivity contribution in [3.8, 4) is 11.6 Å². The van der Waals surface area contributed by atoms with Crippen LogP contribution in [0.5, 0.6) is 11.6 Å². The first-order chi connectivity index (χ1) is 19.1. The van der Waals surface area contributed by atoms with E-state index in [-0.39, 0.29) is 24.0 Å². The molecule has 4 heterocycles. The van der Waals surface area contributed by atoms with E-state index in [9.17, 15) is 22.4 Å². The average molecular weight is 552 g/mol. The molecule has 5 aromatic rings. The Hall–Kier alpha value is -4.87. The number of hydrogen-bond donors (Lipinski definition) is 1. The Morgan fingerprint density at radius 2 is 1.93 bits per heavy atom. The molecule has 0 fully saturated rings. The van der Waals surface area contributed by atoms with Crippen molar-refractivity contribution < 1.29 is 31.6 Å². The van der Waals surface area contributed by atoms with E-state index in [0.29, 0.717) is 34.6 Å². The van der Waals surface area contributed by atoms with Crippen LogP contribution in [-0.2, 0) is 19.2 Å². The molecular formula is C28H20F4N4O4. The number of alkyl halides is 3. The van der Waals surface area contributed by atoms with Gasteiger partial charge in [0.25, 0.3) is 0 Å². The van der Waals surface area contributed by atoms with Gasteiger partial charge in [-0.05, 0) is 53.5 Å². The lowest BCUT2D eigenvalue weighted by atomic mass is 9.89. The van der Waals surface area contributed by atoms with E-state index in [2.05, 4.69) is 15.1 Å². The number of fused-ring (bicyclic) bond motifs is 3. The number of ether oxygens (including phenoxy) is 2. The number of allylic oxidation sites excluding steroid dienone is 1. The Kier molecular flexibility index (Phi) is 5.97. The third kappa shape index (κ3) is 4.40. The Bertz CT molecular complexity index is 1870. The summed E-state index contributed by atoms with van der Waals surface area (Å²) >= 11 is 0. The monoisotopic (exact) mass is 552 g/mol. The molecule has 0 saturated carbocycles. The molecule has 0 spiro atoms. The number of nitrogens with zero attached hydrogens (tertiary/aromatic N) is 3. The first-order valence-corrected chi connectivity index (χ1v) is 12.1. The zero-order valence-corrected chi connectivity index (χ0v) is 21.1. The molecule has 204 valence electrons. The van der Waals surface area contributed by atoms with Gasteiger partial charge in [-0.15, -0.1) is 0 Å². The van der Waals surface area contributed by atoms with E-state index in [1.807, 2.05) is 18.2 Å². The maximum absolute atomic E-state index is 14.1. The highest BCUT2D eigenvalue weighted by molar-refractivity contribution is 5.99. The van der Waals surface area contributed by atoms with Gasteiger partial charge in [0.2, 0.25) is 5.88 Å². The molecule has 0 unspecified atom stereocenters. The van der Waals surface area contributed by atoms with Crippen molar-refractivity contribution in [3.63, 3.8) is 0 Å². The zero-order chi connectivity index (χ0) is 28.2. The van der Waals surface area contributed by atoms with Gasteiger partial charge in [-0.1, -0.05) is 23.4 Å². The van der Waals surface area contributed by atoms with Crippen molar-refractivity contribution in [3.05, 3.63) is 110 Å². The summed E-state index contributed by atoms with van der Waals surface area (Å²) in [5, 5.41) is 3.81. The number of nitrogens with one attached hydrogen (secondary N) is 1. The van der Waals surface area contributed by atoms with Gasteiger partial charge in [-0.2, -0.15) is 18.2 Å². The predicted molar refractivity (Wildman–Crippen MR) is 135 cm³/mol. The fourth-order valence-electron chi connectivity index (χ4n) is 4.92. The van der Waals surface area contributed by atoms with E-state index in [0.717, 1.165) is 28.8 Å². The third-order valence-corrected chi connectivity index (χ3v) is 6.79. The van der Waals surface area contributed by atoms with E-state index in [1.165, 1.54) is 25.4 Å². The Morgan fingerprint density at radius 3 is 2.65 bits per heavy atom. The lowest BCUT2D eigenvalue weighted by molar-refractivity contribution is -0.137. The molecule has 0 atom stereocenters. The molecule has 1 aliphatic rings. The number of hydrogen-bond acceptors (Lipinski definition) is 6. The van der Waals surface area contributed by atoms with Crippen molar-refractivity contribution in [2.24, 2.45) is 0 Å². The number of imidazole rings is 1. The molecule has 1 aliphatic heterocycles. The Labute approximate surface area is 223 Å². The van der Waals surface area contributed by atoms with Gasteiger partial charge in [0.1, 0.15) is 23.8 Å². The van der Waals surface area contributed by atoms with Crippen LogP contribution in [0.25, 0.3) is 16.8 Å². The van der Waals surface area contributed by atoms with Gasteiger partial charge in [-0.3, -0.25) is 13.9 Å². The third-order valence-electron chi connectivity index (χ3n) is 6.79. The van der Waals surface area contributed by atoms with Crippen LogP contribution in [0.15, 0.2) is 64.0 Å². The number of H-pyrrole nitrogens is 1. The van der Waals surface area contributed by atoms with Crippen LogP contribution in [-0.4, -0.2) is 26.6 Å². The number of aromatic amines is 1. The molecule has 0 amide bonds. The second kappa shape index (κ2) is 9.40. The minimum Gasteiger partial charge on any atom is -0.488 e. The SMILES string of the molecule is COc1nc2cc(C(F)(F)F)ccn2c1Cc1ccc2c(c1)COc1cc(F)ccc1C2=C(C)c1noc(=O)[nH]1. The van der Waals surface area contributed by atoms with E-state index in [1.54, 1.807) is 17.4 Å². The van der Waals surface area contributed by atoms with Crippen LogP contribution in [0.3, 0.4) is 0 Å². The smallest absolute Gasteiger partial charge is 0.439 e. The van der Waals surface area contributed by atoms with Gasteiger partial charge >= 0.3 is 11.9 Å². The molecule has 6 rings (SSSR count). The molecule has 12 heteroatoms. The summed E-state index contributed by atoms with van der Waals surface area (Å²) in [5.74, 6) is -0.424. The van der Waals surface area contributed by atoms with Gasteiger partial charge in [0.05, 0.1) is 18.4 Å². The van der Waals surface area contributed by atoms with Crippen LogP contribution in [0.4, 0.5) is 17.6 Å².